The Morgan fingerprint density at radius 2 is 0.893 bits per heavy atom. The summed E-state index contributed by atoms with van der Waals surface area (Å²) in [6.07, 6.45) is 7.57. The summed E-state index contributed by atoms with van der Waals surface area (Å²) in [6, 6.07) is 10.8. The highest BCUT2D eigenvalue weighted by Crippen LogP contribution is 2.39. The third-order valence-electron chi connectivity index (χ3n) is 8.33. The second-order valence-electron chi connectivity index (χ2n) is 12.7. The largest absolute Gasteiger partial charge is 0.513 e. The molecule has 4 rings (SSSR count). The van der Waals surface area contributed by atoms with E-state index >= 15 is 0 Å². The van der Waals surface area contributed by atoms with E-state index in [2.05, 4.69) is 9.47 Å². The molecule has 0 amide bonds. The maximum Gasteiger partial charge on any atom is 0.513 e. The maximum absolute atomic E-state index is 14.4. The molecular weight excluding hydrogens is 736 g/mol. The first kappa shape index (κ1) is 41.9. The van der Waals surface area contributed by atoms with Gasteiger partial charge >= 0.3 is 36.2 Å². The molecule has 4 atom stereocenters. The van der Waals surface area contributed by atoms with Crippen molar-refractivity contribution in [2.45, 2.75) is 38.9 Å². The van der Waals surface area contributed by atoms with Crippen LogP contribution in [0.1, 0.15) is 48.4 Å². The lowest BCUT2D eigenvalue weighted by atomic mass is 9.77. The molecule has 0 radical (unpaired) electrons. The van der Waals surface area contributed by atoms with Crippen molar-refractivity contribution in [2.24, 2.45) is 23.7 Å². The van der Waals surface area contributed by atoms with Crippen LogP contribution >= 0.6 is 0 Å². The van der Waals surface area contributed by atoms with Crippen molar-refractivity contribution in [1.82, 2.24) is 0 Å². The van der Waals surface area contributed by atoms with Gasteiger partial charge in [0, 0.05) is 0 Å². The van der Waals surface area contributed by atoms with Crippen molar-refractivity contribution >= 4 is 47.8 Å². The molecule has 0 N–H and O–H groups in total. The molecule has 0 saturated heterocycles. The highest BCUT2D eigenvalue weighted by Gasteiger charge is 2.55. The van der Waals surface area contributed by atoms with Gasteiger partial charge in [-0.1, -0.05) is 88.4 Å². The molecule has 0 aliphatic heterocycles. The van der Waals surface area contributed by atoms with Gasteiger partial charge in [-0.25, -0.2) is 29.0 Å². The number of Topliss-reactive ketones (excluding diaryl/α,β-unsaturated/α-hetero) is 2. The highest BCUT2D eigenvalue weighted by atomic mass is 17.2. The molecule has 0 heterocycles. The fourth-order valence-electron chi connectivity index (χ4n) is 5.39. The van der Waals surface area contributed by atoms with Crippen LogP contribution in [0, 0.1) is 23.7 Å². The van der Waals surface area contributed by atoms with Gasteiger partial charge in [-0.3, -0.25) is 19.2 Å². The molecule has 0 aromatic heterocycles. The highest BCUT2D eigenvalue weighted by molar-refractivity contribution is 6.11. The standard InChI is InChI=1S/C40H38O16/c1-23(2)33(43)53-39(31(41)25-15-7-9-19-29(25)51-37(47)49-5)21-13-11-17-27(39)35(45)55-56-36(46)28-18-12-14-22-40(28,54-34(44)24(3)4)32(42)26-16-8-10-20-30(26)52-38(48)50-6/h7-24,27-28H,1-6H3. The molecule has 294 valence electrons. The summed E-state index contributed by atoms with van der Waals surface area (Å²) < 4.78 is 30.8. The number of ketones is 2. The fraction of sp³-hybridized carbons (Fsp3) is 0.300. The zero-order valence-corrected chi connectivity index (χ0v) is 31.1. The van der Waals surface area contributed by atoms with Crippen LogP contribution in [0.15, 0.2) is 97.1 Å². The van der Waals surface area contributed by atoms with E-state index in [0.717, 1.165) is 38.5 Å². The molecule has 0 saturated carbocycles. The fourth-order valence-corrected chi connectivity index (χ4v) is 5.39. The number of allylic oxidation sites excluding steroid dienone is 4. The number of hydrogen-bond acceptors (Lipinski definition) is 16. The normalized spacial score (nSPS) is 20.7. The van der Waals surface area contributed by atoms with Gasteiger partial charge in [0.1, 0.15) is 23.3 Å². The van der Waals surface area contributed by atoms with E-state index in [0.29, 0.717) is 0 Å². The van der Waals surface area contributed by atoms with Gasteiger partial charge in [-0.05, 0) is 36.4 Å². The Kier molecular flexibility index (Phi) is 13.5. The SMILES string of the molecule is COC(=O)Oc1ccccc1C(=O)C1(OC(=O)C(C)C)C=CC=CC1C(=O)OOC(=O)C1C=CC=CC1(OC(=O)C(C)C)C(=O)c1ccccc1OC(=O)OC. The van der Waals surface area contributed by atoms with Crippen LogP contribution in [-0.4, -0.2) is 73.2 Å². The topological polar surface area (TPSA) is 210 Å². The molecule has 0 fully saturated rings. The molecule has 16 nitrogen and oxygen atoms in total. The summed E-state index contributed by atoms with van der Waals surface area (Å²) in [4.78, 5) is 117. The van der Waals surface area contributed by atoms with E-state index in [1.807, 2.05) is 0 Å². The van der Waals surface area contributed by atoms with Crippen LogP contribution in [-0.2, 0) is 47.9 Å². The summed E-state index contributed by atoms with van der Waals surface area (Å²) in [5.74, 6) is -12.5. The number of carbonyl (C=O) groups excluding carboxylic acids is 8. The zero-order chi connectivity index (χ0) is 41.2. The summed E-state index contributed by atoms with van der Waals surface area (Å²) in [5, 5.41) is 0. The Labute approximate surface area is 320 Å². The summed E-state index contributed by atoms with van der Waals surface area (Å²) in [5.41, 5.74) is -5.54. The minimum absolute atomic E-state index is 0.293. The van der Waals surface area contributed by atoms with E-state index in [1.165, 1.54) is 101 Å². The predicted molar refractivity (Wildman–Crippen MR) is 191 cm³/mol. The minimum Gasteiger partial charge on any atom is -0.445 e. The van der Waals surface area contributed by atoms with Gasteiger partial charge in [-0.15, -0.1) is 0 Å². The molecule has 0 spiro atoms. The number of para-hydroxylation sites is 2. The van der Waals surface area contributed by atoms with E-state index in [4.69, 9.17) is 28.7 Å². The van der Waals surface area contributed by atoms with E-state index in [1.54, 1.807) is 0 Å². The summed E-state index contributed by atoms with van der Waals surface area (Å²) >= 11 is 0. The smallest absolute Gasteiger partial charge is 0.445 e. The maximum atomic E-state index is 14.4. The van der Waals surface area contributed by atoms with Crippen molar-refractivity contribution in [3.05, 3.63) is 108 Å². The van der Waals surface area contributed by atoms with Gasteiger partial charge < -0.3 is 28.4 Å². The van der Waals surface area contributed by atoms with E-state index in [9.17, 15) is 38.4 Å². The van der Waals surface area contributed by atoms with Crippen molar-refractivity contribution < 1.29 is 76.6 Å². The first-order valence-electron chi connectivity index (χ1n) is 17.0. The van der Waals surface area contributed by atoms with Crippen molar-refractivity contribution in [1.29, 1.82) is 0 Å². The molecule has 0 bridgehead atoms. The molecule has 2 aromatic carbocycles. The quantitative estimate of drug-likeness (QED) is 0.0659. The second kappa shape index (κ2) is 18.0. The summed E-state index contributed by atoms with van der Waals surface area (Å²) in [7, 11) is 2.10. The molecule has 2 aliphatic carbocycles. The molecular formula is C40H38O16. The zero-order valence-electron chi connectivity index (χ0n) is 31.1. The monoisotopic (exact) mass is 774 g/mol. The minimum atomic E-state index is -2.47. The number of methoxy groups -OCH3 is 2. The lowest BCUT2D eigenvalue weighted by Crippen LogP contribution is -2.53. The van der Waals surface area contributed by atoms with Crippen molar-refractivity contribution in [2.75, 3.05) is 14.2 Å². The lowest BCUT2D eigenvalue weighted by Gasteiger charge is -2.36. The number of benzene rings is 2. The molecule has 2 aliphatic rings. The first-order chi connectivity index (χ1) is 26.6. The molecule has 4 unspecified atom stereocenters. The van der Waals surface area contributed by atoms with Gasteiger partial charge in [0.25, 0.3) is 0 Å². The first-order valence-corrected chi connectivity index (χ1v) is 17.0. The number of ether oxygens (including phenoxy) is 6. The van der Waals surface area contributed by atoms with Gasteiger partial charge in [0.2, 0.25) is 22.8 Å². The lowest BCUT2D eigenvalue weighted by molar-refractivity contribution is -0.267. The summed E-state index contributed by atoms with van der Waals surface area (Å²) in [6.45, 7) is 5.94. The van der Waals surface area contributed by atoms with Crippen LogP contribution in [0.25, 0.3) is 0 Å². The van der Waals surface area contributed by atoms with E-state index in [-0.39, 0.29) is 22.6 Å². The predicted octanol–water partition coefficient (Wildman–Crippen LogP) is 5.40. The Bertz CT molecular complexity index is 1880. The third kappa shape index (κ3) is 8.92. The molecule has 16 heteroatoms. The van der Waals surface area contributed by atoms with Gasteiger partial charge in [0.05, 0.1) is 37.2 Å². The average Bonchev–Trinajstić information content (AvgIpc) is 3.19. The Morgan fingerprint density at radius 1 is 0.536 bits per heavy atom. The van der Waals surface area contributed by atoms with Crippen molar-refractivity contribution in [3.63, 3.8) is 0 Å². The Morgan fingerprint density at radius 3 is 1.23 bits per heavy atom. The van der Waals surface area contributed by atoms with Crippen LogP contribution in [0.4, 0.5) is 9.59 Å². The van der Waals surface area contributed by atoms with Crippen LogP contribution < -0.4 is 9.47 Å². The number of rotatable bonds is 12. The van der Waals surface area contributed by atoms with Gasteiger partial charge in [-0.2, -0.15) is 0 Å². The number of carbonyl (C=O) groups is 8. The second-order valence-corrected chi connectivity index (χ2v) is 12.7. The van der Waals surface area contributed by atoms with Crippen molar-refractivity contribution in [3.8, 4) is 11.5 Å². The average molecular weight is 775 g/mol. The van der Waals surface area contributed by atoms with Crippen LogP contribution in [0.2, 0.25) is 0 Å². The third-order valence-corrected chi connectivity index (χ3v) is 8.33. The molecule has 2 aromatic rings. The van der Waals surface area contributed by atoms with Gasteiger partial charge in [0.15, 0.2) is 0 Å². The van der Waals surface area contributed by atoms with E-state index < -0.39 is 82.6 Å². The number of esters is 2. The Hall–Kier alpha value is -6.84. The van der Waals surface area contributed by atoms with Crippen LogP contribution in [0.3, 0.4) is 0 Å². The number of hydrogen-bond donors (Lipinski definition) is 0. The molecule has 56 heavy (non-hydrogen) atoms. The Balaban J connectivity index is 1.72. The van der Waals surface area contributed by atoms with Crippen LogP contribution in [0.5, 0.6) is 11.5 Å².